The molecule has 130 valence electrons. The minimum atomic E-state index is -3.25. The van der Waals surface area contributed by atoms with E-state index in [0.717, 1.165) is 16.1 Å². The summed E-state index contributed by atoms with van der Waals surface area (Å²) in [6.07, 6.45) is 0.551. The third-order valence-corrected chi connectivity index (χ3v) is 6.65. The van der Waals surface area contributed by atoms with Crippen molar-refractivity contribution in [3.8, 4) is 0 Å². The fourth-order valence-electron chi connectivity index (χ4n) is 2.75. The van der Waals surface area contributed by atoms with Gasteiger partial charge < -0.3 is 0 Å². The lowest BCUT2D eigenvalue weighted by molar-refractivity contribution is 0.585. The Bertz CT molecular complexity index is 964. The fourth-order valence-corrected chi connectivity index (χ4v) is 5.51. The van der Waals surface area contributed by atoms with Crippen LogP contribution >= 0.6 is 23.6 Å². The molecule has 0 fully saturated rings. The van der Waals surface area contributed by atoms with Crippen molar-refractivity contribution >= 4 is 33.4 Å². The van der Waals surface area contributed by atoms with Gasteiger partial charge in [-0.1, -0.05) is 72.0 Å². The summed E-state index contributed by atoms with van der Waals surface area (Å²) >= 11 is 6.48. The maximum Gasteiger partial charge on any atom is 0.176 e. The molecule has 3 aromatic rings. The van der Waals surface area contributed by atoms with Crippen molar-refractivity contribution < 1.29 is 8.42 Å². The predicted molar refractivity (Wildman–Crippen MR) is 104 cm³/mol. The van der Waals surface area contributed by atoms with E-state index in [-0.39, 0.29) is 17.4 Å². The van der Waals surface area contributed by atoms with Crippen molar-refractivity contribution in [1.82, 2.24) is 10.2 Å². The molecule has 2 aromatic carbocycles. The number of H-pyrrole nitrogens is 1. The van der Waals surface area contributed by atoms with Crippen LogP contribution in [-0.2, 0) is 22.0 Å². The molecule has 1 heterocycles. The molecule has 0 bridgehead atoms. The van der Waals surface area contributed by atoms with Gasteiger partial charge >= 0.3 is 0 Å². The van der Waals surface area contributed by atoms with Crippen LogP contribution in [0.1, 0.15) is 22.1 Å². The van der Waals surface area contributed by atoms with Crippen molar-refractivity contribution in [1.29, 1.82) is 0 Å². The zero-order valence-electron chi connectivity index (χ0n) is 13.5. The summed E-state index contributed by atoms with van der Waals surface area (Å²) in [7, 11) is -3.25. The highest BCUT2D eigenvalue weighted by Crippen LogP contribution is 2.25. The van der Waals surface area contributed by atoms with E-state index in [4.69, 9.17) is 12.2 Å². The third-order valence-electron chi connectivity index (χ3n) is 3.86. The van der Waals surface area contributed by atoms with Gasteiger partial charge in [0.15, 0.2) is 13.8 Å². The fraction of sp³-hybridized carbons (Fsp3) is 0.222. The highest BCUT2D eigenvalue weighted by atomic mass is 32.2. The first kappa shape index (κ1) is 18.0. The SMILES string of the molecule is O=S(=O)(Cc1ccccc1)CC(Cc1n[nH]c(=S)s1)c1ccccc1. The number of nitrogens with zero attached hydrogens (tertiary/aromatic N) is 1. The highest BCUT2D eigenvalue weighted by Gasteiger charge is 2.23. The smallest absolute Gasteiger partial charge is 0.176 e. The van der Waals surface area contributed by atoms with Crippen molar-refractivity contribution in [3.63, 3.8) is 0 Å². The van der Waals surface area contributed by atoms with Gasteiger partial charge in [0, 0.05) is 12.3 Å². The minimum absolute atomic E-state index is 0.0491. The molecule has 0 amide bonds. The number of aromatic amines is 1. The lowest BCUT2D eigenvalue weighted by Crippen LogP contribution is -2.18. The summed E-state index contributed by atoms with van der Waals surface area (Å²) in [5, 5.41) is 7.78. The van der Waals surface area contributed by atoms with E-state index < -0.39 is 9.84 Å². The molecule has 1 aromatic heterocycles. The summed E-state index contributed by atoms with van der Waals surface area (Å²) < 4.78 is 26.1. The highest BCUT2D eigenvalue weighted by molar-refractivity contribution is 7.90. The van der Waals surface area contributed by atoms with Gasteiger partial charge in [-0.05, 0) is 23.3 Å². The number of hydrogen-bond acceptors (Lipinski definition) is 5. The average Bonchev–Trinajstić information content (AvgIpc) is 3.00. The number of hydrogen-bond donors (Lipinski definition) is 1. The molecule has 0 aliphatic carbocycles. The number of benzene rings is 2. The molecule has 1 atom stereocenters. The Hall–Kier alpha value is -1.83. The predicted octanol–water partition coefficient (Wildman–Crippen LogP) is 4.14. The Morgan fingerprint density at radius 3 is 2.28 bits per heavy atom. The van der Waals surface area contributed by atoms with Crippen LogP contribution in [0.15, 0.2) is 60.7 Å². The van der Waals surface area contributed by atoms with E-state index in [1.165, 1.54) is 11.3 Å². The largest absolute Gasteiger partial charge is 0.258 e. The topological polar surface area (TPSA) is 62.8 Å². The Labute approximate surface area is 156 Å². The number of sulfone groups is 1. The van der Waals surface area contributed by atoms with E-state index in [2.05, 4.69) is 10.2 Å². The van der Waals surface area contributed by atoms with Crippen LogP contribution in [0.3, 0.4) is 0 Å². The molecule has 1 N–H and O–H groups in total. The molecule has 1 unspecified atom stereocenters. The van der Waals surface area contributed by atoms with Crippen molar-refractivity contribution in [2.24, 2.45) is 0 Å². The van der Waals surface area contributed by atoms with Crippen LogP contribution in [0.5, 0.6) is 0 Å². The average molecular weight is 391 g/mol. The first-order valence-electron chi connectivity index (χ1n) is 7.85. The minimum Gasteiger partial charge on any atom is -0.258 e. The van der Waals surface area contributed by atoms with Crippen LogP contribution < -0.4 is 0 Å². The van der Waals surface area contributed by atoms with Crippen LogP contribution in [0, 0.1) is 3.95 Å². The van der Waals surface area contributed by atoms with Gasteiger partial charge in [0.25, 0.3) is 0 Å². The van der Waals surface area contributed by atoms with Crippen molar-refractivity contribution in [2.45, 2.75) is 18.1 Å². The van der Waals surface area contributed by atoms with Crippen LogP contribution in [0.25, 0.3) is 0 Å². The van der Waals surface area contributed by atoms with Crippen LogP contribution in [-0.4, -0.2) is 24.4 Å². The molecular formula is C18H18N2O2S3. The zero-order valence-corrected chi connectivity index (χ0v) is 15.9. The molecule has 7 heteroatoms. The third kappa shape index (κ3) is 5.32. The summed E-state index contributed by atoms with van der Waals surface area (Å²) in [5.41, 5.74) is 1.81. The molecular weight excluding hydrogens is 372 g/mol. The number of aromatic nitrogens is 2. The first-order valence-corrected chi connectivity index (χ1v) is 10.9. The van der Waals surface area contributed by atoms with Gasteiger partial charge in [-0.2, -0.15) is 5.10 Å². The second-order valence-electron chi connectivity index (χ2n) is 5.86. The Morgan fingerprint density at radius 1 is 1.04 bits per heavy atom. The Balaban J connectivity index is 1.82. The molecule has 0 radical (unpaired) electrons. The molecule has 0 spiro atoms. The molecule has 25 heavy (non-hydrogen) atoms. The first-order chi connectivity index (χ1) is 12.0. The van der Waals surface area contributed by atoms with E-state index in [1.54, 1.807) is 0 Å². The van der Waals surface area contributed by atoms with E-state index in [1.807, 2.05) is 60.7 Å². The molecule has 0 aliphatic rings. The van der Waals surface area contributed by atoms with Crippen LogP contribution in [0.4, 0.5) is 0 Å². The van der Waals surface area contributed by atoms with Crippen molar-refractivity contribution in [3.05, 3.63) is 80.8 Å². The number of nitrogens with one attached hydrogen (secondary N) is 1. The summed E-state index contributed by atoms with van der Waals surface area (Å²) in [4.78, 5) is 0. The lowest BCUT2D eigenvalue weighted by Gasteiger charge is -2.16. The zero-order chi connectivity index (χ0) is 17.7. The maximum atomic E-state index is 12.7. The quantitative estimate of drug-likeness (QED) is 0.616. The van der Waals surface area contributed by atoms with Crippen molar-refractivity contribution in [2.75, 3.05) is 5.75 Å². The second kappa shape index (κ2) is 8.03. The summed E-state index contributed by atoms with van der Waals surface area (Å²) in [6.45, 7) is 0. The molecule has 0 saturated carbocycles. The van der Waals surface area contributed by atoms with Gasteiger partial charge in [0.05, 0.1) is 11.5 Å². The van der Waals surface area contributed by atoms with E-state index in [9.17, 15) is 8.42 Å². The monoisotopic (exact) mass is 390 g/mol. The number of rotatable bonds is 7. The Kier molecular flexibility index (Phi) is 5.78. The van der Waals surface area contributed by atoms with E-state index >= 15 is 0 Å². The summed E-state index contributed by atoms with van der Waals surface area (Å²) in [6, 6.07) is 19.0. The van der Waals surface area contributed by atoms with Gasteiger partial charge in [-0.15, -0.1) is 0 Å². The van der Waals surface area contributed by atoms with Gasteiger partial charge in [-0.3, -0.25) is 5.10 Å². The standard InChI is InChI=1S/C18H18N2O2S3/c21-25(22,12-14-7-3-1-4-8-14)13-16(15-9-5-2-6-10-15)11-17-19-20-18(23)24-17/h1-10,16H,11-13H2,(H,20,23). The van der Waals surface area contributed by atoms with Gasteiger partial charge in [0.2, 0.25) is 0 Å². The molecule has 3 rings (SSSR count). The maximum absolute atomic E-state index is 12.7. The Morgan fingerprint density at radius 2 is 1.68 bits per heavy atom. The van der Waals surface area contributed by atoms with Crippen LogP contribution in [0.2, 0.25) is 0 Å². The normalized spacial score (nSPS) is 12.8. The molecule has 0 saturated heterocycles. The summed E-state index contributed by atoms with van der Waals surface area (Å²) in [5.74, 6) is -0.0185. The van der Waals surface area contributed by atoms with E-state index in [0.29, 0.717) is 10.4 Å². The van der Waals surface area contributed by atoms with Gasteiger partial charge in [0.1, 0.15) is 5.01 Å². The molecule has 0 aliphatic heterocycles. The molecule has 4 nitrogen and oxygen atoms in total. The lowest BCUT2D eigenvalue weighted by atomic mass is 9.98. The van der Waals surface area contributed by atoms with Gasteiger partial charge in [-0.25, -0.2) is 8.42 Å². The second-order valence-corrected chi connectivity index (χ2v) is 9.72.